The summed E-state index contributed by atoms with van der Waals surface area (Å²) in [4.78, 5) is 0. The van der Waals surface area contributed by atoms with E-state index in [0.29, 0.717) is 28.6 Å². The van der Waals surface area contributed by atoms with Gasteiger partial charge in [0.05, 0.1) is 31.2 Å². The first kappa shape index (κ1) is 22.6. The molecule has 2 heterocycles. The lowest BCUT2D eigenvalue weighted by atomic mass is 9.49. The largest absolute Gasteiger partial charge is 0.496 e. The Morgan fingerprint density at radius 2 is 1.88 bits per heavy atom. The van der Waals surface area contributed by atoms with Crippen molar-refractivity contribution >= 4 is 21.8 Å². The molecule has 32 heavy (non-hydrogen) atoms. The highest BCUT2D eigenvalue weighted by molar-refractivity contribution is 9.10. The summed E-state index contributed by atoms with van der Waals surface area (Å²) in [6.45, 7) is 6.43. The number of ether oxygens (including phenoxy) is 3. The highest BCUT2D eigenvalue weighted by Gasteiger charge is 2.81. The van der Waals surface area contributed by atoms with E-state index in [4.69, 9.17) is 19.6 Å². The van der Waals surface area contributed by atoms with Gasteiger partial charge in [0, 0.05) is 16.5 Å². The van der Waals surface area contributed by atoms with Gasteiger partial charge in [-0.3, -0.25) is 5.41 Å². The van der Waals surface area contributed by atoms with Crippen molar-refractivity contribution in [2.75, 3.05) is 7.11 Å². The quantitative estimate of drug-likeness (QED) is 0.596. The molecule has 2 bridgehead atoms. The molecule has 0 amide bonds. The van der Waals surface area contributed by atoms with Crippen molar-refractivity contribution in [3.63, 3.8) is 0 Å². The molecule has 7 nitrogen and oxygen atoms in total. The number of benzene rings is 1. The van der Waals surface area contributed by atoms with Crippen molar-refractivity contribution < 1.29 is 14.2 Å². The number of nitrogens with zero attached hydrogens (tertiary/aromatic N) is 3. The van der Waals surface area contributed by atoms with E-state index < -0.39 is 28.6 Å². The molecule has 1 aromatic carbocycles. The molecule has 8 heteroatoms. The number of methoxy groups -OCH3 is 1. The van der Waals surface area contributed by atoms with Gasteiger partial charge in [-0.25, -0.2) is 0 Å². The number of rotatable bonds is 2. The molecule has 0 aromatic heterocycles. The van der Waals surface area contributed by atoms with Crippen LogP contribution in [0.4, 0.5) is 0 Å². The third kappa shape index (κ3) is 2.68. The standard InChI is InChI=1S/C24H25BrN4O3/c1-21(2,3)14-7-8-24-18(9-14)23(13-28,20(29)32-24)22(11-26,12-27)19(31-24)16-10-15(25)5-6-17(16)30-4/h5-6,10,14,18-19,29H,7-9H2,1-4H3. The fourth-order valence-corrected chi connectivity index (χ4v) is 6.19. The van der Waals surface area contributed by atoms with Crippen LogP contribution in [0, 0.1) is 67.5 Å². The smallest absolute Gasteiger partial charge is 0.217 e. The first-order valence-electron chi connectivity index (χ1n) is 10.6. The molecule has 1 aliphatic carbocycles. The molecular formula is C24H25BrN4O3. The van der Waals surface area contributed by atoms with Crippen molar-refractivity contribution in [3.05, 3.63) is 28.2 Å². The lowest BCUT2D eigenvalue weighted by Gasteiger charge is -2.54. The van der Waals surface area contributed by atoms with Crippen molar-refractivity contribution in [3.8, 4) is 24.0 Å². The normalized spacial score (nSPS) is 34.9. The second-order valence-corrected chi connectivity index (χ2v) is 10.9. The Kier molecular flexibility index (Phi) is 5.09. The van der Waals surface area contributed by atoms with Crippen LogP contribution in [0.15, 0.2) is 22.7 Å². The Hall–Kier alpha value is -2.60. The summed E-state index contributed by atoms with van der Waals surface area (Å²) in [5, 5.41) is 40.2. The zero-order valence-corrected chi connectivity index (χ0v) is 20.1. The van der Waals surface area contributed by atoms with Gasteiger partial charge < -0.3 is 14.2 Å². The number of hydrogen-bond acceptors (Lipinski definition) is 7. The number of hydrogen-bond donors (Lipinski definition) is 1. The van der Waals surface area contributed by atoms with Crippen LogP contribution in [0.2, 0.25) is 0 Å². The summed E-state index contributed by atoms with van der Waals surface area (Å²) >= 11 is 3.44. The Balaban J connectivity index is 1.98. The van der Waals surface area contributed by atoms with Crippen LogP contribution in [0.3, 0.4) is 0 Å². The summed E-state index contributed by atoms with van der Waals surface area (Å²) < 4.78 is 18.8. The summed E-state index contributed by atoms with van der Waals surface area (Å²) in [5.41, 5.74) is -3.31. The molecule has 0 spiro atoms. The minimum absolute atomic E-state index is 0.0355. The van der Waals surface area contributed by atoms with Gasteiger partial charge in [-0.2, -0.15) is 15.8 Å². The van der Waals surface area contributed by atoms with Gasteiger partial charge in [0.2, 0.25) is 17.1 Å². The van der Waals surface area contributed by atoms with E-state index in [9.17, 15) is 15.8 Å². The van der Waals surface area contributed by atoms with E-state index in [0.717, 1.165) is 6.42 Å². The van der Waals surface area contributed by atoms with Crippen molar-refractivity contribution in [1.82, 2.24) is 0 Å². The average Bonchev–Trinajstić information content (AvgIpc) is 2.96. The number of halogens is 1. The minimum Gasteiger partial charge on any atom is -0.496 e. The maximum absolute atomic E-state index is 10.5. The highest BCUT2D eigenvalue weighted by atomic mass is 79.9. The number of nitrogens with one attached hydrogen (secondary N) is 1. The average molecular weight is 497 g/mol. The molecule has 166 valence electrons. The predicted molar refractivity (Wildman–Crippen MR) is 118 cm³/mol. The maximum atomic E-state index is 10.5. The van der Waals surface area contributed by atoms with Crippen LogP contribution in [-0.2, 0) is 9.47 Å². The monoisotopic (exact) mass is 496 g/mol. The summed E-state index contributed by atoms with van der Waals surface area (Å²) in [7, 11) is 1.50. The van der Waals surface area contributed by atoms with Gasteiger partial charge in [0.15, 0.2) is 5.41 Å². The zero-order chi connectivity index (χ0) is 23.5. The van der Waals surface area contributed by atoms with E-state index in [2.05, 4.69) is 54.9 Å². The molecule has 1 N–H and O–H groups in total. The lowest BCUT2D eigenvalue weighted by Crippen LogP contribution is -2.61. The Morgan fingerprint density at radius 1 is 1.19 bits per heavy atom. The third-order valence-electron chi connectivity index (χ3n) is 7.61. The van der Waals surface area contributed by atoms with Gasteiger partial charge in [0.25, 0.3) is 0 Å². The van der Waals surface area contributed by atoms with E-state index >= 15 is 0 Å². The van der Waals surface area contributed by atoms with E-state index in [-0.39, 0.29) is 17.2 Å². The Bertz CT molecular complexity index is 1090. The second kappa shape index (κ2) is 7.20. The molecule has 2 saturated heterocycles. The van der Waals surface area contributed by atoms with Crippen molar-refractivity contribution in [2.45, 2.75) is 51.9 Å². The molecule has 5 atom stereocenters. The van der Waals surface area contributed by atoms with Gasteiger partial charge in [-0.1, -0.05) is 36.7 Å². The SMILES string of the molecule is COc1ccc(Br)cc1C1OC23CCC(C(C)(C)C)CC2C(C#N)(C(=N)O3)C1(C#N)C#N. The molecule has 3 fully saturated rings. The van der Waals surface area contributed by atoms with Crippen LogP contribution in [0.25, 0.3) is 0 Å². The molecule has 1 saturated carbocycles. The molecule has 1 aromatic rings. The summed E-state index contributed by atoms with van der Waals surface area (Å²) in [6, 6.07) is 11.7. The van der Waals surface area contributed by atoms with Crippen LogP contribution in [-0.4, -0.2) is 18.8 Å². The van der Waals surface area contributed by atoms with E-state index in [1.807, 2.05) is 0 Å². The molecule has 0 radical (unpaired) electrons. The maximum Gasteiger partial charge on any atom is 0.217 e. The first-order chi connectivity index (χ1) is 15.0. The van der Waals surface area contributed by atoms with Crippen LogP contribution >= 0.6 is 15.9 Å². The zero-order valence-electron chi connectivity index (χ0n) is 18.5. The molecular weight excluding hydrogens is 472 g/mol. The van der Waals surface area contributed by atoms with E-state index in [1.54, 1.807) is 18.2 Å². The summed E-state index contributed by atoms with van der Waals surface area (Å²) in [5.74, 6) is -1.51. The molecule has 5 unspecified atom stereocenters. The van der Waals surface area contributed by atoms with Gasteiger partial charge >= 0.3 is 0 Å². The molecule has 4 rings (SSSR count). The van der Waals surface area contributed by atoms with Crippen LogP contribution < -0.4 is 4.74 Å². The topological polar surface area (TPSA) is 123 Å². The fourth-order valence-electron chi connectivity index (χ4n) is 5.81. The van der Waals surface area contributed by atoms with E-state index in [1.165, 1.54) is 7.11 Å². The van der Waals surface area contributed by atoms with Gasteiger partial charge in [0.1, 0.15) is 11.9 Å². The Morgan fingerprint density at radius 3 is 2.44 bits per heavy atom. The van der Waals surface area contributed by atoms with Crippen LogP contribution in [0.5, 0.6) is 5.75 Å². The minimum atomic E-state index is -1.99. The molecule has 3 aliphatic rings. The van der Waals surface area contributed by atoms with Crippen molar-refractivity contribution in [1.29, 1.82) is 21.2 Å². The van der Waals surface area contributed by atoms with Gasteiger partial charge in [-0.05, 0) is 42.4 Å². The fraction of sp³-hybridized carbons (Fsp3) is 0.583. The van der Waals surface area contributed by atoms with Gasteiger partial charge in [-0.15, -0.1) is 0 Å². The third-order valence-corrected chi connectivity index (χ3v) is 8.10. The first-order valence-corrected chi connectivity index (χ1v) is 11.4. The summed E-state index contributed by atoms with van der Waals surface area (Å²) in [6.07, 6.45) is 0.677. The second-order valence-electron chi connectivity index (χ2n) is 9.97. The molecule has 2 aliphatic heterocycles. The highest BCUT2D eigenvalue weighted by Crippen LogP contribution is 2.71. The predicted octanol–water partition coefficient (Wildman–Crippen LogP) is 5.24. The lowest BCUT2D eigenvalue weighted by molar-refractivity contribution is -0.301. The van der Waals surface area contributed by atoms with Crippen LogP contribution in [0.1, 0.15) is 51.7 Å². The Labute approximate surface area is 196 Å². The number of nitriles is 3. The van der Waals surface area contributed by atoms with Crippen molar-refractivity contribution in [2.24, 2.45) is 28.1 Å².